The summed E-state index contributed by atoms with van der Waals surface area (Å²) in [6, 6.07) is 20.4. The zero-order valence-electron chi connectivity index (χ0n) is 18.8. The van der Waals surface area contributed by atoms with Gasteiger partial charge in [-0.2, -0.15) is 5.26 Å². The molecule has 3 aromatic rings. The molecule has 168 valence electrons. The highest BCUT2D eigenvalue weighted by molar-refractivity contribution is 6.30. The normalized spacial score (nSPS) is 10.9. The van der Waals surface area contributed by atoms with E-state index >= 15 is 0 Å². The largest absolute Gasteiger partial charge is 0.490 e. The number of nitrogens with one attached hydrogen (secondary N) is 1. The number of carbonyl (C=O) groups excluding carboxylic acids is 1. The van der Waals surface area contributed by atoms with Crippen LogP contribution < -0.4 is 14.8 Å². The van der Waals surface area contributed by atoms with Gasteiger partial charge in [0.1, 0.15) is 18.2 Å². The number of hydrogen-bond acceptors (Lipinski definition) is 4. The van der Waals surface area contributed by atoms with Crippen LogP contribution in [-0.4, -0.2) is 12.5 Å². The van der Waals surface area contributed by atoms with Crippen molar-refractivity contribution in [3.05, 3.63) is 93.5 Å². The molecular weight excluding hydrogens is 436 g/mol. The topological polar surface area (TPSA) is 71.3 Å². The summed E-state index contributed by atoms with van der Waals surface area (Å²) in [7, 11) is 0. The van der Waals surface area contributed by atoms with Gasteiger partial charge in [0.2, 0.25) is 0 Å². The van der Waals surface area contributed by atoms with E-state index in [0.717, 1.165) is 16.7 Å². The number of hydrogen-bond donors (Lipinski definition) is 1. The van der Waals surface area contributed by atoms with Crippen molar-refractivity contribution < 1.29 is 14.3 Å². The number of amides is 1. The van der Waals surface area contributed by atoms with Crippen LogP contribution >= 0.6 is 11.6 Å². The Morgan fingerprint density at radius 2 is 1.79 bits per heavy atom. The van der Waals surface area contributed by atoms with Gasteiger partial charge in [-0.05, 0) is 73.9 Å². The second kappa shape index (κ2) is 11.2. The number of ether oxygens (including phenoxy) is 2. The summed E-state index contributed by atoms with van der Waals surface area (Å²) in [5, 5.41) is 13.0. The zero-order chi connectivity index (χ0) is 23.8. The van der Waals surface area contributed by atoms with E-state index in [1.807, 2.05) is 69.3 Å². The summed E-state index contributed by atoms with van der Waals surface area (Å²) < 4.78 is 11.6. The summed E-state index contributed by atoms with van der Waals surface area (Å²) >= 11 is 5.93. The van der Waals surface area contributed by atoms with Crippen LogP contribution in [0.3, 0.4) is 0 Å². The van der Waals surface area contributed by atoms with Crippen LogP contribution in [0.15, 0.2) is 66.2 Å². The van der Waals surface area contributed by atoms with Crippen molar-refractivity contribution in [1.82, 2.24) is 0 Å². The zero-order valence-corrected chi connectivity index (χ0v) is 19.6. The van der Waals surface area contributed by atoms with Crippen molar-refractivity contribution in [3.8, 4) is 17.6 Å². The molecule has 3 rings (SSSR count). The van der Waals surface area contributed by atoms with Crippen LogP contribution in [0.1, 0.15) is 29.2 Å². The number of anilines is 1. The third-order valence-electron chi connectivity index (χ3n) is 4.88. The molecule has 0 atom stereocenters. The van der Waals surface area contributed by atoms with E-state index in [1.54, 1.807) is 18.2 Å². The SMILES string of the molecule is CCOc1cc(/C=C(/C#N)C(=O)Nc2ccc(C)cc2C)ccc1OCc1ccc(Cl)cc1. The van der Waals surface area contributed by atoms with Gasteiger partial charge in [-0.3, -0.25) is 4.79 Å². The average Bonchev–Trinajstić information content (AvgIpc) is 2.80. The van der Waals surface area contributed by atoms with Crippen molar-refractivity contribution in [1.29, 1.82) is 5.26 Å². The maximum atomic E-state index is 12.7. The lowest BCUT2D eigenvalue weighted by molar-refractivity contribution is -0.112. The maximum absolute atomic E-state index is 12.7. The first-order valence-electron chi connectivity index (χ1n) is 10.5. The Morgan fingerprint density at radius 3 is 2.45 bits per heavy atom. The lowest BCUT2D eigenvalue weighted by atomic mass is 10.1. The number of halogens is 1. The van der Waals surface area contributed by atoms with E-state index in [1.165, 1.54) is 6.08 Å². The van der Waals surface area contributed by atoms with E-state index in [-0.39, 0.29) is 5.57 Å². The van der Waals surface area contributed by atoms with Crippen LogP contribution in [0.25, 0.3) is 6.08 Å². The van der Waals surface area contributed by atoms with Gasteiger partial charge in [0, 0.05) is 10.7 Å². The number of carbonyl (C=O) groups is 1. The Kier molecular flexibility index (Phi) is 8.12. The highest BCUT2D eigenvalue weighted by Crippen LogP contribution is 2.30. The summed E-state index contributed by atoms with van der Waals surface area (Å²) in [5.41, 5.74) is 4.33. The Hall–Kier alpha value is -3.75. The van der Waals surface area contributed by atoms with Crippen molar-refractivity contribution in [2.45, 2.75) is 27.4 Å². The maximum Gasteiger partial charge on any atom is 0.266 e. The molecule has 0 unspecified atom stereocenters. The molecule has 0 radical (unpaired) electrons. The highest BCUT2D eigenvalue weighted by Gasteiger charge is 2.13. The summed E-state index contributed by atoms with van der Waals surface area (Å²) in [6.07, 6.45) is 1.53. The van der Waals surface area contributed by atoms with Crippen LogP contribution in [0.4, 0.5) is 5.69 Å². The van der Waals surface area contributed by atoms with Gasteiger partial charge in [-0.1, -0.05) is 47.5 Å². The van der Waals surface area contributed by atoms with E-state index in [0.29, 0.717) is 41.0 Å². The fourth-order valence-corrected chi connectivity index (χ4v) is 3.33. The first kappa shape index (κ1) is 23.9. The summed E-state index contributed by atoms with van der Waals surface area (Å²) in [6.45, 7) is 6.58. The molecule has 0 spiro atoms. The van der Waals surface area contributed by atoms with Gasteiger partial charge >= 0.3 is 0 Å². The lowest BCUT2D eigenvalue weighted by Gasteiger charge is -2.13. The van der Waals surface area contributed by atoms with E-state index < -0.39 is 5.91 Å². The molecule has 1 N–H and O–H groups in total. The van der Waals surface area contributed by atoms with Crippen LogP contribution in [-0.2, 0) is 11.4 Å². The minimum absolute atomic E-state index is 0.00717. The highest BCUT2D eigenvalue weighted by atomic mass is 35.5. The second-order valence-corrected chi connectivity index (χ2v) is 7.93. The van der Waals surface area contributed by atoms with Crippen molar-refractivity contribution >= 4 is 29.3 Å². The Balaban J connectivity index is 1.78. The molecule has 0 aliphatic heterocycles. The molecule has 0 fully saturated rings. The van der Waals surface area contributed by atoms with Gasteiger partial charge in [-0.25, -0.2) is 0 Å². The molecule has 6 heteroatoms. The van der Waals surface area contributed by atoms with Crippen LogP contribution in [0.5, 0.6) is 11.5 Å². The van der Waals surface area contributed by atoms with Gasteiger partial charge in [0.25, 0.3) is 5.91 Å². The van der Waals surface area contributed by atoms with Crippen LogP contribution in [0, 0.1) is 25.2 Å². The Morgan fingerprint density at radius 1 is 1.03 bits per heavy atom. The smallest absolute Gasteiger partial charge is 0.266 e. The Bertz CT molecular complexity index is 1210. The molecular formula is C27H25ClN2O3. The van der Waals surface area contributed by atoms with Gasteiger partial charge in [-0.15, -0.1) is 0 Å². The third-order valence-corrected chi connectivity index (χ3v) is 5.13. The number of benzene rings is 3. The van der Waals surface area contributed by atoms with Crippen molar-refractivity contribution in [3.63, 3.8) is 0 Å². The quantitative estimate of drug-likeness (QED) is 0.308. The number of rotatable bonds is 8. The first-order valence-corrected chi connectivity index (χ1v) is 10.9. The predicted octanol–water partition coefficient (Wildman–Crippen LogP) is 6.48. The summed E-state index contributed by atoms with van der Waals surface area (Å²) in [5.74, 6) is 0.639. The van der Waals surface area contributed by atoms with E-state index in [9.17, 15) is 10.1 Å². The van der Waals surface area contributed by atoms with E-state index in [2.05, 4.69) is 5.32 Å². The minimum atomic E-state index is -0.467. The molecule has 0 saturated carbocycles. The molecule has 1 amide bonds. The molecule has 3 aromatic carbocycles. The number of aryl methyl sites for hydroxylation is 2. The first-order chi connectivity index (χ1) is 15.9. The molecule has 0 bridgehead atoms. The van der Waals surface area contributed by atoms with Crippen LogP contribution in [0.2, 0.25) is 5.02 Å². The minimum Gasteiger partial charge on any atom is -0.490 e. The van der Waals surface area contributed by atoms with Gasteiger partial charge in [0.15, 0.2) is 11.5 Å². The number of nitriles is 1. The molecule has 0 aromatic heterocycles. The fraction of sp³-hybridized carbons (Fsp3) is 0.185. The second-order valence-electron chi connectivity index (χ2n) is 7.50. The van der Waals surface area contributed by atoms with Crippen molar-refractivity contribution in [2.75, 3.05) is 11.9 Å². The average molecular weight is 461 g/mol. The van der Waals surface area contributed by atoms with Crippen molar-refractivity contribution in [2.24, 2.45) is 0 Å². The molecule has 0 aliphatic carbocycles. The van der Waals surface area contributed by atoms with Gasteiger partial charge in [0.05, 0.1) is 6.61 Å². The van der Waals surface area contributed by atoms with Gasteiger partial charge < -0.3 is 14.8 Å². The van der Waals surface area contributed by atoms with E-state index in [4.69, 9.17) is 21.1 Å². The summed E-state index contributed by atoms with van der Waals surface area (Å²) in [4.78, 5) is 12.7. The standard InChI is InChI=1S/C27H25ClN2O3/c1-4-32-26-15-21(8-12-25(26)33-17-20-6-9-23(28)10-7-20)14-22(16-29)27(31)30-24-11-5-18(2)13-19(24)3/h5-15H,4,17H2,1-3H3,(H,30,31)/b22-14-. The molecule has 5 nitrogen and oxygen atoms in total. The predicted molar refractivity (Wildman–Crippen MR) is 132 cm³/mol. The molecule has 33 heavy (non-hydrogen) atoms. The lowest BCUT2D eigenvalue weighted by Crippen LogP contribution is -2.14. The third kappa shape index (κ3) is 6.61. The monoisotopic (exact) mass is 460 g/mol. The number of nitrogens with zero attached hydrogens (tertiary/aromatic N) is 1. The molecule has 0 aliphatic rings. The molecule has 0 heterocycles. The Labute approximate surface area is 199 Å². The molecule has 0 saturated heterocycles. The fourth-order valence-electron chi connectivity index (χ4n) is 3.20.